The highest BCUT2D eigenvalue weighted by Crippen LogP contribution is 2.65. The Bertz CT molecular complexity index is 577. The van der Waals surface area contributed by atoms with Crippen molar-refractivity contribution in [2.24, 2.45) is 39.7 Å². The van der Waals surface area contributed by atoms with E-state index in [-0.39, 0.29) is 11.5 Å². The maximum Gasteiger partial charge on any atom is 0.129 e. The zero-order chi connectivity index (χ0) is 19.2. The van der Waals surface area contributed by atoms with Gasteiger partial charge < -0.3 is 14.8 Å². The van der Waals surface area contributed by atoms with E-state index < -0.39 is 0 Å². The number of aliphatic hydroxyl groups excluding tert-OH is 1. The van der Waals surface area contributed by atoms with Crippen LogP contribution in [0.2, 0.25) is 0 Å². The van der Waals surface area contributed by atoms with E-state index in [0.29, 0.717) is 12.0 Å². The molecule has 0 radical (unpaired) electrons. The molecule has 4 nitrogen and oxygen atoms in total. The molecule has 0 aromatic heterocycles. The van der Waals surface area contributed by atoms with E-state index in [1.165, 1.54) is 44.2 Å². The molecule has 4 saturated carbocycles. The Morgan fingerprint density at radius 3 is 2.59 bits per heavy atom. The number of oxime groups is 1. The Kier molecular flexibility index (Phi) is 5.35. The number of likely N-dealkylation sites (N-methyl/N-ethyl adjacent to an activating group) is 1. The fourth-order valence-electron chi connectivity index (χ4n) is 7.48. The van der Waals surface area contributed by atoms with E-state index in [1.807, 2.05) is 0 Å². The van der Waals surface area contributed by atoms with Crippen LogP contribution in [-0.2, 0) is 4.84 Å². The fourth-order valence-corrected chi connectivity index (χ4v) is 7.48. The number of fused-ring (bicyclic) bond motifs is 5. The largest absolute Gasteiger partial charge is 0.394 e. The van der Waals surface area contributed by atoms with E-state index in [2.05, 4.69) is 38.0 Å². The van der Waals surface area contributed by atoms with Gasteiger partial charge in [0.1, 0.15) is 6.61 Å². The number of nitrogens with zero attached hydrogens (tertiary/aromatic N) is 2. The summed E-state index contributed by atoms with van der Waals surface area (Å²) in [6.45, 7) is 6.59. The lowest BCUT2D eigenvalue weighted by atomic mass is 9.45. The van der Waals surface area contributed by atoms with Crippen LogP contribution in [0.3, 0.4) is 0 Å². The smallest absolute Gasteiger partial charge is 0.129 e. The second-order valence-corrected chi connectivity index (χ2v) is 10.8. The molecular weight excluding hydrogens is 336 g/mol. The number of hydrogen-bond acceptors (Lipinski definition) is 4. The first-order valence-corrected chi connectivity index (χ1v) is 11.3. The SMILES string of the molecule is CN(C)CCO/N=C1\CC[C@@]2(C)C(CCC3C2CC[C@]2(C)C(O)CCC32)C1. The molecule has 27 heavy (non-hydrogen) atoms. The summed E-state index contributed by atoms with van der Waals surface area (Å²) in [5, 5.41) is 15.1. The van der Waals surface area contributed by atoms with Gasteiger partial charge in [-0.25, -0.2) is 0 Å². The van der Waals surface area contributed by atoms with Crippen LogP contribution in [0.25, 0.3) is 0 Å². The summed E-state index contributed by atoms with van der Waals surface area (Å²) in [5.41, 5.74) is 1.97. The molecule has 0 amide bonds. The van der Waals surface area contributed by atoms with Crippen molar-refractivity contribution < 1.29 is 9.94 Å². The van der Waals surface area contributed by atoms with Gasteiger partial charge in [-0.05, 0) is 106 Å². The zero-order valence-corrected chi connectivity index (χ0v) is 17.9. The molecule has 0 spiro atoms. The molecule has 0 saturated heterocycles. The Balaban J connectivity index is 1.43. The monoisotopic (exact) mass is 376 g/mol. The first-order chi connectivity index (χ1) is 12.8. The summed E-state index contributed by atoms with van der Waals surface area (Å²) in [4.78, 5) is 7.74. The van der Waals surface area contributed by atoms with E-state index in [0.717, 1.165) is 49.5 Å². The minimum absolute atomic E-state index is 0.0571. The van der Waals surface area contributed by atoms with Crippen molar-refractivity contribution in [3.05, 3.63) is 0 Å². The quantitative estimate of drug-likeness (QED) is 0.587. The summed E-state index contributed by atoms with van der Waals surface area (Å²) < 4.78 is 0. The molecule has 0 heterocycles. The van der Waals surface area contributed by atoms with Gasteiger partial charge in [0.2, 0.25) is 0 Å². The van der Waals surface area contributed by atoms with Crippen LogP contribution < -0.4 is 0 Å². The van der Waals surface area contributed by atoms with Crippen molar-refractivity contribution in [3.63, 3.8) is 0 Å². The predicted octanol–water partition coefficient (Wildman–Crippen LogP) is 4.32. The van der Waals surface area contributed by atoms with Gasteiger partial charge in [0.05, 0.1) is 11.8 Å². The van der Waals surface area contributed by atoms with Crippen molar-refractivity contribution >= 4 is 5.71 Å². The summed E-state index contributed by atoms with van der Waals surface area (Å²) in [6, 6.07) is 0. The topological polar surface area (TPSA) is 45.1 Å². The lowest BCUT2D eigenvalue weighted by Crippen LogP contribution is -2.54. The Morgan fingerprint density at radius 2 is 1.81 bits per heavy atom. The van der Waals surface area contributed by atoms with Crippen molar-refractivity contribution in [1.29, 1.82) is 0 Å². The lowest BCUT2D eigenvalue weighted by molar-refractivity contribution is -0.112. The summed E-state index contributed by atoms with van der Waals surface area (Å²) >= 11 is 0. The molecule has 4 heteroatoms. The van der Waals surface area contributed by atoms with Crippen LogP contribution in [0.15, 0.2) is 5.16 Å². The molecule has 5 unspecified atom stereocenters. The van der Waals surface area contributed by atoms with Crippen LogP contribution in [-0.4, -0.2) is 49.1 Å². The second kappa shape index (κ2) is 7.33. The van der Waals surface area contributed by atoms with Crippen LogP contribution in [0, 0.1) is 34.5 Å². The number of aliphatic hydroxyl groups is 1. The summed E-state index contributed by atoms with van der Waals surface area (Å²) in [7, 11) is 4.14. The third-order valence-electron chi connectivity index (χ3n) is 9.27. The minimum atomic E-state index is -0.0571. The average molecular weight is 377 g/mol. The molecular formula is C23H40N2O2. The van der Waals surface area contributed by atoms with Gasteiger partial charge >= 0.3 is 0 Å². The molecule has 0 aliphatic heterocycles. The molecule has 154 valence electrons. The molecule has 1 N–H and O–H groups in total. The van der Waals surface area contributed by atoms with Crippen LogP contribution in [0.4, 0.5) is 0 Å². The van der Waals surface area contributed by atoms with E-state index in [1.54, 1.807) is 0 Å². The van der Waals surface area contributed by atoms with Crippen molar-refractivity contribution in [3.8, 4) is 0 Å². The van der Waals surface area contributed by atoms with E-state index in [4.69, 9.17) is 4.84 Å². The first-order valence-electron chi connectivity index (χ1n) is 11.3. The van der Waals surface area contributed by atoms with Gasteiger partial charge in [-0.15, -0.1) is 0 Å². The predicted molar refractivity (Wildman–Crippen MR) is 110 cm³/mol. The van der Waals surface area contributed by atoms with Gasteiger partial charge in [0, 0.05) is 6.54 Å². The van der Waals surface area contributed by atoms with Crippen molar-refractivity contribution in [2.45, 2.75) is 77.7 Å². The maximum absolute atomic E-state index is 10.6. The van der Waals surface area contributed by atoms with E-state index in [9.17, 15) is 5.11 Å². The highest BCUT2D eigenvalue weighted by molar-refractivity contribution is 5.85. The molecule has 7 atom stereocenters. The fraction of sp³-hybridized carbons (Fsp3) is 0.957. The molecule has 4 fully saturated rings. The molecule has 4 aliphatic rings. The Morgan fingerprint density at radius 1 is 1.04 bits per heavy atom. The maximum atomic E-state index is 10.6. The highest BCUT2D eigenvalue weighted by Gasteiger charge is 2.59. The highest BCUT2D eigenvalue weighted by atomic mass is 16.6. The Hall–Kier alpha value is -0.610. The molecule has 0 aromatic carbocycles. The van der Waals surface area contributed by atoms with Gasteiger partial charge in [-0.1, -0.05) is 19.0 Å². The number of rotatable bonds is 4. The summed E-state index contributed by atoms with van der Waals surface area (Å²) in [5.74, 6) is 3.24. The lowest BCUT2D eigenvalue weighted by Gasteiger charge is -2.60. The van der Waals surface area contributed by atoms with Gasteiger partial charge in [-0.3, -0.25) is 0 Å². The normalized spacial score (nSPS) is 48.2. The molecule has 4 aliphatic carbocycles. The Labute approximate surface area is 165 Å². The molecule has 0 bridgehead atoms. The van der Waals surface area contributed by atoms with Crippen LogP contribution in [0.1, 0.15) is 71.6 Å². The average Bonchev–Trinajstić information content (AvgIpc) is 2.94. The second-order valence-electron chi connectivity index (χ2n) is 10.8. The van der Waals surface area contributed by atoms with Gasteiger partial charge in [0.25, 0.3) is 0 Å². The standard InChI is InChI=1S/C23H40N2O2/c1-22-11-9-17(24-27-14-13-25(3)4)15-16(22)5-6-18-19-7-8-21(26)23(19,2)12-10-20(18)22/h16,18-21,26H,5-15H2,1-4H3/b24-17+/t16?,18?,19?,20?,21?,22-,23-/m0/s1. The third kappa shape index (κ3) is 3.35. The van der Waals surface area contributed by atoms with Crippen molar-refractivity contribution in [2.75, 3.05) is 27.2 Å². The molecule has 4 rings (SSSR count). The van der Waals surface area contributed by atoms with Crippen LogP contribution >= 0.6 is 0 Å². The van der Waals surface area contributed by atoms with E-state index >= 15 is 0 Å². The number of hydrogen-bond donors (Lipinski definition) is 1. The third-order valence-corrected chi connectivity index (χ3v) is 9.27. The minimum Gasteiger partial charge on any atom is -0.394 e. The zero-order valence-electron chi connectivity index (χ0n) is 17.9. The summed E-state index contributed by atoms with van der Waals surface area (Å²) in [6.07, 6.45) is 11.0. The first kappa shape index (κ1) is 19.7. The van der Waals surface area contributed by atoms with Crippen molar-refractivity contribution in [1.82, 2.24) is 4.90 Å². The molecule has 0 aromatic rings. The van der Waals surface area contributed by atoms with Crippen LogP contribution in [0.5, 0.6) is 0 Å². The van der Waals surface area contributed by atoms with Gasteiger partial charge in [-0.2, -0.15) is 0 Å². The van der Waals surface area contributed by atoms with Gasteiger partial charge in [0.15, 0.2) is 0 Å².